The van der Waals surface area contributed by atoms with Crippen molar-refractivity contribution >= 4 is 35.8 Å². The maximum absolute atomic E-state index is 11.7. The van der Waals surface area contributed by atoms with Crippen molar-refractivity contribution in [1.29, 1.82) is 0 Å². The molecule has 7 heteroatoms. The SMILES string of the molecule is CCNC(=NCC1(CC)CCC1)NCCNC(=O)c1ccco1.I. The van der Waals surface area contributed by atoms with Gasteiger partial charge in [0, 0.05) is 26.2 Å². The molecular weight excluding hydrogens is 419 g/mol. The van der Waals surface area contributed by atoms with Crippen molar-refractivity contribution in [2.75, 3.05) is 26.2 Å². The minimum atomic E-state index is -0.196. The van der Waals surface area contributed by atoms with Crippen LogP contribution in [0.25, 0.3) is 0 Å². The summed E-state index contributed by atoms with van der Waals surface area (Å²) in [5.74, 6) is 0.957. The molecule has 3 N–H and O–H groups in total. The van der Waals surface area contributed by atoms with E-state index >= 15 is 0 Å². The fourth-order valence-electron chi connectivity index (χ4n) is 2.74. The number of aliphatic imine (C=N–C) groups is 1. The summed E-state index contributed by atoms with van der Waals surface area (Å²) in [5, 5.41) is 9.32. The van der Waals surface area contributed by atoms with Crippen LogP contribution in [0.4, 0.5) is 0 Å². The number of carbonyl (C=O) groups excluding carboxylic acids is 1. The van der Waals surface area contributed by atoms with E-state index in [-0.39, 0.29) is 29.9 Å². The number of hydrogen-bond donors (Lipinski definition) is 3. The first kappa shape index (κ1) is 20.8. The van der Waals surface area contributed by atoms with Crippen LogP contribution in [0, 0.1) is 5.41 Å². The lowest BCUT2D eigenvalue weighted by Crippen LogP contribution is -2.42. The minimum absolute atomic E-state index is 0. The highest BCUT2D eigenvalue weighted by Gasteiger charge is 2.34. The van der Waals surface area contributed by atoms with E-state index in [1.165, 1.54) is 31.9 Å². The van der Waals surface area contributed by atoms with Crippen LogP contribution >= 0.6 is 24.0 Å². The van der Waals surface area contributed by atoms with Gasteiger partial charge in [0.25, 0.3) is 5.91 Å². The molecule has 2 rings (SSSR count). The Bertz CT molecular complexity index is 507. The first-order valence-electron chi connectivity index (χ1n) is 8.53. The van der Waals surface area contributed by atoms with Gasteiger partial charge in [-0.2, -0.15) is 0 Å². The van der Waals surface area contributed by atoms with Gasteiger partial charge >= 0.3 is 0 Å². The van der Waals surface area contributed by atoms with Crippen LogP contribution < -0.4 is 16.0 Å². The maximum atomic E-state index is 11.7. The molecule has 1 saturated carbocycles. The summed E-state index contributed by atoms with van der Waals surface area (Å²) in [4.78, 5) is 16.4. The molecule has 6 nitrogen and oxygen atoms in total. The molecule has 0 saturated heterocycles. The second kappa shape index (κ2) is 10.6. The zero-order valence-electron chi connectivity index (χ0n) is 14.6. The Labute approximate surface area is 161 Å². The molecule has 24 heavy (non-hydrogen) atoms. The Morgan fingerprint density at radius 2 is 2.00 bits per heavy atom. The summed E-state index contributed by atoms with van der Waals surface area (Å²) in [7, 11) is 0. The summed E-state index contributed by atoms with van der Waals surface area (Å²) < 4.78 is 5.05. The van der Waals surface area contributed by atoms with Gasteiger partial charge in [0.05, 0.1) is 6.26 Å². The van der Waals surface area contributed by atoms with Crippen molar-refractivity contribution in [3.63, 3.8) is 0 Å². The van der Waals surface area contributed by atoms with Crippen LogP contribution in [0.5, 0.6) is 0 Å². The molecule has 0 unspecified atom stereocenters. The zero-order valence-corrected chi connectivity index (χ0v) is 16.9. The van der Waals surface area contributed by atoms with Crippen LogP contribution in [0.3, 0.4) is 0 Å². The van der Waals surface area contributed by atoms with E-state index in [2.05, 4.69) is 29.8 Å². The maximum Gasteiger partial charge on any atom is 0.287 e. The molecular formula is C17H29IN4O2. The molecule has 0 aliphatic heterocycles. The van der Waals surface area contributed by atoms with Gasteiger partial charge in [0.15, 0.2) is 11.7 Å². The zero-order chi connectivity index (χ0) is 16.5. The van der Waals surface area contributed by atoms with Crippen molar-refractivity contribution < 1.29 is 9.21 Å². The molecule has 0 spiro atoms. The molecule has 0 aromatic carbocycles. The van der Waals surface area contributed by atoms with Gasteiger partial charge in [-0.05, 0) is 43.7 Å². The summed E-state index contributed by atoms with van der Waals surface area (Å²) in [6.45, 7) is 7.13. The molecule has 1 heterocycles. The van der Waals surface area contributed by atoms with Crippen molar-refractivity contribution in [3.8, 4) is 0 Å². The lowest BCUT2D eigenvalue weighted by atomic mass is 9.67. The molecule has 0 atom stereocenters. The van der Waals surface area contributed by atoms with Gasteiger partial charge in [-0.1, -0.05) is 13.3 Å². The van der Waals surface area contributed by atoms with Crippen LogP contribution in [-0.4, -0.2) is 38.0 Å². The van der Waals surface area contributed by atoms with Crippen LogP contribution in [0.2, 0.25) is 0 Å². The fraction of sp³-hybridized carbons (Fsp3) is 0.647. The van der Waals surface area contributed by atoms with Crippen LogP contribution in [0.15, 0.2) is 27.8 Å². The van der Waals surface area contributed by atoms with Gasteiger partial charge in [-0.3, -0.25) is 9.79 Å². The number of guanidine groups is 1. The smallest absolute Gasteiger partial charge is 0.287 e. The highest BCUT2D eigenvalue weighted by Crippen LogP contribution is 2.43. The largest absolute Gasteiger partial charge is 0.459 e. The van der Waals surface area contributed by atoms with E-state index in [0.717, 1.165) is 19.0 Å². The quantitative estimate of drug-likeness (QED) is 0.247. The predicted octanol–water partition coefficient (Wildman–Crippen LogP) is 2.76. The molecule has 1 aliphatic carbocycles. The number of rotatable bonds is 8. The van der Waals surface area contributed by atoms with Crippen molar-refractivity contribution in [3.05, 3.63) is 24.2 Å². The number of furan rings is 1. The Hall–Kier alpha value is -1.25. The Morgan fingerprint density at radius 3 is 2.54 bits per heavy atom. The van der Waals surface area contributed by atoms with Gasteiger partial charge < -0.3 is 20.4 Å². The average molecular weight is 448 g/mol. The number of nitrogens with zero attached hydrogens (tertiary/aromatic N) is 1. The van der Waals surface area contributed by atoms with Gasteiger partial charge in [-0.15, -0.1) is 24.0 Å². The second-order valence-corrected chi connectivity index (χ2v) is 6.06. The Balaban J connectivity index is 0.00000288. The van der Waals surface area contributed by atoms with Crippen molar-refractivity contribution in [2.45, 2.75) is 39.5 Å². The molecule has 0 bridgehead atoms. The fourth-order valence-corrected chi connectivity index (χ4v) is 2.74. The molecule has 1 aliphatic rings. The van der Waals surface area contributed by atoms with E-state index in [1.807, 2.05) is 0 Å². The molecule has 1 fully saturated rings. The number of amides is 1. The molecule has 1 aromatic rings. The predicted molar refractivity (Wildman–Crippen MR) is 107 cm³/mol. The minimum Gasteiger partial charge on any atom is -0.459 e. The third kappa shape index (κ3) is 5.99. The molecule has 1 amide bonds. The molecule has 136 valence electrons. The molecule has 1 aromatic heterocycles. The Morgan fingerprint density at radius 1 is 1.25 bits per heavy atom. The van der Waals surface area contributed by atoms with Gasteiger partial charge in [0.1, 0.15) is 0 Å². The van der Waals surface area contributed by atoms with E-state index in [1.54, 1.807) is 12.1 Å². The highest BCUT2D eigenvalue weighted by molar-refractivity contribution is 14.0. The van der Waals surface area contributed by atoms with E-state index in [9.17, 15) is 4.79 Å². The summed E-state index contributed by atoms with van der Waals surface area (Å²) in [6, 6.07) is 3.35. The molecule has 0 radical (unpaired) electrons. The monoisotopic (exact) mass is 448 g/mol. The van der Waals surface area contributed by atoms with E-state index in [0.29, 0.717) is 24.3 Å². The standard InChI is InChI=1S/C17H28N4O2.HI/c1-3-17(8-6-9-17)13-21-16(18-4-2)20-11-10-19-15(22)14-7-5-12-23-14;/h5,7,12H,3-4,6,8-11,13H2,1-2H3,(H,19,22)(H2,18,20,21);1H. The number of hydrogen-bond acceptors (Lipinski definition) is 3. The van der Waals surface area contributed by atoms with Gasteiger partial charge in [0.2, 0.25) is 0 Å². The third-order valence-electron chi connectivity index (χ3n) is 4.53. The lowest BCUT2D eigenvalue weighted by Gasteiger charge is -2.40. The number of nitrogens with one attached hydrogen (secondary N) is 3. The van der Waals surface area contributed by atoms with Crippen LogP contribution in [-0.2, 0) is 0 Å². The van der Waals surface area contributed by atoms with Crippen molar-refractivity contribution in [1.82, 2.24) is 16.0 Å². The van der Waals surface area contributed by atoms with Crippen molar-refractivity contribution in [2.24, 2.45) is 10.4 Å². The second-order valence-electron chi connectivity index (χ2n) is 6.06. The summed E-state index contributed by atoms with van der Waals surface area (Å²) in [5.41, 5.74) is 0.413. The normalized spacial score (nSPS) is 15.8. The number of carbonyl (C=O) groups is 1. The topological polar surface area (TPSA) is 78.7 Å². The average Bonchev–Trinajstić information content (AvgIpc) is 3.05. The van der Waals surface area contributed by atoms with Gasteiger partial charge in [-0.25, -0.2) is 0 Å². The van der Waals surface area contributed by atoms with Crippen LogP contribution in [0.1, 0.15) is 50.1 Å². The lowest BCUT2D eigenvalue weighted by molar-refractivity contribution is 0.0926. The third-order valence-corrected chi connectivity index (χ3v) is 4.53. The highest BCUT2D eigenvalue weighted by atomic mass is 127. The first-order valence-corrected chi connectivity index (χ1v) is 8.53. The first-order chi connectivity index (χ1) is 11.2. The Kier molecular flexibility index (Phi) is 9.17. The summed E-state index contributed by atoms with van der Waals surface area (Å²) >= 11 is 0. The van der Waals surface area contributed by atoms with E-state index in [4.69, 9.17) is 9.41 Å². The van der Waals surface area contributed by atoms with E-state index < -0.39 is 0 Å². The number of halogens is 1. The summed E-state index contributed by atoms with van der Waals surface area (Å²) in [6.07, 6.45) is 6.57.